The second kappa shape index (κ2) is 58.0. The first-order valence-corrected chi connectivity index (χ1v) is 44.2. The van der Waals surface area contributed by atoms with Gasteiger partial charge in [0.25, 0.3) is 0 Å². The molecule has 4 rings (SSSR count). The fourth-order valence-corrected chi connectivity index (χ4v) is 16.4. The Morgan fingerprint density at radius 2 is 0.676 bits per heavy atom. The van der Waals surface area contributed by atoms with Gasteiger partial charge in [-0.25, -0.2) is 14.4 Å². The van der Waals surface area contributed by atoms with Gasteiger partial charge in [-0.15, -0.1) is 0 Å². The zero-order chi connectivity index (χ0) is 83.5. The Morgan fingerprint density at radius 3 is 0.973 bits per heavy atom. The van der Waals surface area contributed by atoms with Crippen molar-refractivity contribution in [1.82, 2.24) is 52.3 Å². The molecule has 5 atom stereocenters. The van der Waals surface area contributed by atoms with Gasteiger partial charge in [-0.3, -0.25) is 67.1 Å². The van der Waals surface area contributed by atoms with Crippen LogP contribution in [0, 0.1) is 0 Å². The monoisotopic (exact) mass is 1640 g/mol. The van der Waals surface area contributed by atoms with Crippen molar-refractivity contribution in [2.24, 2.45) is 0 Å². The first-order valence-electron chi connectivity index (χ1n) is 40.0. The molecule has 0 aliphatic heterocycles. The van der Waals surface area contributed by atoms with Crippen LogP contribution >= 0.6 is 47.0 Å². The molecule has 4 fully saturated rings. The quantitative estimate of drug-likeness (QED) is 0.0207. The van der Waals surface area contributed by atoms with Crippen LogP contribution in [0.15, 0.2) is 0 Å². The fraction of sp³-hybridized carbons (Fsp3) is 0.787. The van der Waals surface area contributed by atoms with E-state index in [1.54, 1.807) is 90.9 Å². The molecule has 0 heterocycles. The van der Waals surface area contributed by atoms with E-state index < -0.39 is 22.7 Å². The van der Waals surface area contributed by atoms with Crippen molar-refractivity contribution in [2.75, 3.05) is 90.0 Å². The highest BCUT2D eigenvalue weighted by Crippen LogP contribution is 2.29. The summed E-state index contributed by atoms with van der Waals surface area (Å²) in [5, 5.41) is 21.6. The number of carbonyl (C=O) groups excluding carboxylic acids is 17. The first kappa shape index (κ1) is 103. The van der Waals surface area contributed by atoms with Gasteiger partial charge in [0, 0.05) is 84.8 Å². The number of nitrogens with one attached hydrogen (secondary N) is 8. The number of nitrogens with zero attached hydrogens (tertiary/aromatic N) is 2. The average molecular weight is 1640 g/mol. The molecule has 4 saturated carbocycles. The third-order valence-electron chi connectivity index (χ3n) is 19.5. The van der Waals surface area contributed by atoms with Crippen molar-refractivity contribution >= 4 is 146 Å². The summed E-state index contributed by atoms with van der Waals surface area (Å²) in [6.07, 6.45) is 24.7. The van der Waals surface area contributed by atoms with E-state index in [2.05, 4.69) is 47.4 Å². The molecular weight excluding hydrogens is 1500 g/mol. The lowest BCUT2D eigenvalue weighted by atomic mass is 10.0. The molecule has 0 aromatic rings. The summed E-state index contributed by atoms with van der Waals surface area (Å²) < 4.78 is 0. The maximum atomic E-state index is 12.5. The van der Waals surface area contributed by atoms with Gasteiger partial charge >= 0.3 is 18.1 Å². The van der Waals surface area contributed by atoms with E-state index in [4.69, 9.17) is 0 Å². The molecule has 0 spiro atoms. The van der Waals surface area contributed by atoms with E-state index in [1.807, 2.05) is 7.05 Å². The van der Waals surface area contributed by atoms with E-state index in [9.17, 15) is 81.5 Å². The van der Waals surface area contributed by atoms with Crippen molar-refractivity contribution in [3.8, 4) is 0 Å². The van der Waals surface area contributed by atoms with Gasteiger partial charge in [-0.2, -0.15) is 47.0 Å². The van der Waals surface area contributed by atoms with Gasteiger partial charge in [-0.1, -0.05) is 83.5 Å². The topological polar surface area (TPSA) is 393 Å². The van der Waals surface area contributed by atoms with Gasteiger partial charge in [0.15, 0.2) is 40.5 Å². The summed E-state index contributed by atoms with van der Waals surface area (Å²) in [7, 11) is 5.36. The van der Waals surface area contributed by atoms with Crippen LogP contribution in [0.2, 0.25) is 0 Å². The lowest BCUT2D eigenvalue weighted by molar-refractivity contribution is -0.140. The van der Waals surface area contributed by atoms with Gasteiger partial charge in [0.05, 0.1) is 63.3 Å². The van der Waals surface area contributed by atoms with E-state index >= 15 is 0 Å². The predicted octanol–water partition coefficient (Wildman–Crippen LogP) is 9.74. The molecule has 632 valence electrons. The van der Waals surface area contributed by atoms with Gasteiger partial charge in [0.2, 0.25) is 11.8 Å². The standard InChI is InChI=1S/C20H33N3O5S.C20H35N3O4S.2C20H34N2O4S/c1-14(24)11-16(20(28)22-9-8-21-2)23(3)19(27)7-5-4-6-10-29-18-13-15(25)12-17(18)26;1-15(24)20(2,3)22-19(27)21-9-11-23(4)10-7-5-6-8-12-28-18-14-16(25)13-17(18)26;2*1-15(23)20(2,3)22-19(26)21-11-9-7-5-4-6-8-10-12-27-18-14-16(24)13-17(18)25/h16,18,21H,4-13H2,1-3H3,(H,22,28);18H,5-14H2,1-4H3,(H2,21,22,27);2*18H,4-14H2,1-3H3,(H2,21,22,26)/t16-,18?;;;/m0.../s1. The fourth-order valence-electron chi connectivity index (χ4n) is 11.5. The van der Waals surface area contributed by atoms with Gasteiger partial charge in [0.1, 0.15) is 35.0 Å². The highest BCUT2D eigenvalue weighted by atomic mass is 32.2. The molecule has 0 radical (unpaired) electrons. The highest BCUT2D eigenvalue weighted by Gasteiger charge is 2.35. The Labute approximate surface area is 678 Å². The van der Waals surface area contributed by atoms with Crippen molar-refractivity contribution in [2.45, 2.75) is 312 Å². The number of urea groups is 3. The number of hydrogen-bond acceptors (Lipinski definition) is 23. The Kier molecular flexibility index (Phi) is 53.9. The molecule has 0 bridgehead atoms. The minimum Gasteiger partial charge on any atom is -0.353 e. The predicted molar refractivity (Wildman–Crippen MR) is 444 cm³/mol. The summed E-state index contributed by atoms with van der Waals surface area (Å²) >= 11 is 6.44. The van der Waals surface area contributed by atoms with Gasteiger partial charge in [-0.05, 0) is 164 Å². The van der Waals surface area contributed by atoms with Crippen LogP contribution in [0.25, 0.3) is 0 Å². The minimum absolute atomic E-state index is 0.00158. The van der Waals surface area contributed by atoms with Crippen LogP contribution in [0.3, 0.4) is 0 Å². The number of likely N-dealkylation sites (N-methyl/N-ethyl adjacent to an activating group) is 3. The smallest absolute Gasteiger partial charge is 0.315 e. The van der Waals surface area contributed by atoms with Crippen LogP contribution < -0.4 is 42.5 Å². The molecule has 0 aromatic heterocycles. The zero-order valence-corrected chi connectivity index (χ0v) is 72.3. The molecule has 0 aromatic carbocycles. The Balaban J connectivity index is 0.000000740. The summed E-state index contributed by atoms with van der Waals surface area (Å²) in [6.45, 7) is 20.5. The number of amides is 8. The second-order valence-corrected chi connectivity index (χ2v) is 36.2. The molecule has 4 aliphatic carbocycles. The molecule has 4 aliphatic rings. The summed E-state index contributed by atoms with van der Waals surface area (Å²) in [4.78, 5) is 200. The van der Waals surface area contributed by atoms with E-state index in [-0.39, 0.29) is 152 Å². The molecular formula is C80H136N10O17S4. The SMILES string of the molecule is CC(=O)C(C)(C)NC(=O)NCCCCCCCCCSC1CC(=O)CC1=O.CC(=O)C(C)(C)NC(=O)NCCCCCCCCCSC1CC(=O)CC1=O.CC(=O)C(C)(C)NC(=O)NCCN(C)CCCCCCSC1CC(=O)CC1=O.CNCCNC(=O)[C@H](CC(C)=O)N(C)C(=O)CCCCCSC1CC(=O)CC1=O. The first-order chi connectivity index (χ1) is 52.3. The molecule has 8 amide bonds. The lowest BCUT2D eigenvalue weighted by Gasteiger charge is -2.27. The number of carbonyl (C=O) groups is 17. The van der Waals surface area contributed by atoms with Crippen molar-refractivity contribution in [3.05, 3.63) is 0 Å². The van der Waals surface area contributed by atoms with E-state index in [1.165, 1.54) is 70.0 Å². The lowest BCUT2D eigenvalue weighted by Crippen LogP contribution is -2.53. The molecule has 27 nitrogen and oxygen atoms in total. The Morgan fingerprint density at radius 1 is 0.378 bits per heavy atom. The van der Waals surface area contributed by atoms with Crippen molar-refractivity contribution in [1.29, 1.82) is 0 Å². The van der Waals surface area contributed by atoms with Crippen molar-refractivity contribution < 1.29 is 81.5 Å². The Bertz CT molecular complexity index is 2930. The molecule has 111 heavy (non-hydrogen) atoms. The number of thioether (sulfide) groups is 4. The molecule has 0 saturated heterocycles. The molecule has 8 N–H and O–H groups in total. The number of unbranched alkanes of at least 4 members (excludes halogenated alkanes) is 17. The Hall–Kier alpha value is -5.89. The molecule has 4 unspecified atom stereocenters. The summed E-state index contributed by atoms with van der Waals surface area (Å²) in [6, 6.07) is -1.71. The summed E-state index contributed by atoms with van der Waals surface area (Å²) in [5.41, 5.74) is -2.51. The minimum atomic E-state index is -0.852. The highest BCUT2D eigenvalue weighted by molar-refractivity contribution is 8.01. The largest absolute Gasteiger partial charge is 0.353 e. The van der Waals surface area contributed by atoms with Crippen LogP contribution in [0.4, 0.5) is 14.4 Å². The second-order valence-electron chi connectivity index (χ2n) is 31.0. The third-order valence-corrected chi connectivity index (χ3v) is 25.0. The number of ketones is 12. The van der Waals surface area contributed by atoms with Crippen LogP contribution in [-0.2, 0) is 67.1 Å². The van der Waals surface area contributed by atoms with E-state index in [0.29, 0.717) is 71.2 Å². The summed E-state index contributed by atoms with van der Waals surface area (Å²) in [5.74, 6) is 3.43. The maximum Gasteiger partial charge on any atom is 0.315 e. The average Bonchev–Trinajstić information content (AvgIpc) is 1.08. The molecule has 31 heteroatoms. The van der Waals surface area contributed by atoms with E-state index in [0.717, 1.165) is 139 Å². The number of rotatable bonds is 53. The maximum absolute atomic E-state index is 12.5. The van der Waals surface area contributed by atoms with Crippen LogP contribution in [0.5, 0.6) is 0 Å². The van der Waals surface area contributed by atoms with Crippen LogP contribution in [-0.4, -0.2) is 243 Å². The number of hydrogen-bond donors (Lipinski definition) is 8. The third kappa shape index (κ3) is 48.8. The normalized spacial score (nSPS) is 17.2. The van der Waals surface area contributed by atoms with Gasteiger partial charge < -0.3 is 52.3 Å². The van der Waals surface area contributed by atoms with Crippen molar-refractivity contribution in [3.63, 3.8) is 0 Å². The van der Waals surface area contributed by atoms with Crippen LogP contribution in [0.1, 0.15) is 268 Å². The number of Topliss-reactive ketones (excluding diaryl/α,β-unsaturated/α-hetero) is 12. The zero-order valence-electron chi connectivity index (χ0n) is 69.1.